The third kappa shape index (κ3) is 2.05. The first-order valence-electron chi connectivity index (χ1n) is 4.20. The smallest absolute Gasteiger partial charge is 0.123 e. The van der Waals surface area contributed by atoms with Crippen molar-refractivity contribution in [2.45, 2.75) is 18.9 Å². The Hall–Kier alpha value is -0.890. The van der Waals surface area contributed by atoms with E-state index in [1.54, 1.807) is 12.1 Å². The number of benzene rings is 1. The first-order chi connectivity index (χ1) is 5.84. The van der Waals surface area contributed by atoms with Gasteiger partial charge in [0.2, 0.25) is 0 Å². The van der Waals surface area contributed by atoms with Crippen molar-refractivity contribution in [3.63, 3.8) is 0 Å². The van der Waals surface area contributed by atoms with E-state index < -0.39 is 0 Å². The van der Waals surface area contributed by atoms with Gasteiger partial charge in [-0.1, -0.05) is 12.1 Å². The van der Waals surface area contributed by atoms with Crippen molar-refractivity contribution in [3.05, 3.63) is 35.6 Å². The molecule has 1 aliphatic heterocycles. The topological polar surface area (TPSA) is 12.5 Å². The molecule has 1 nitrogen and oxygen atoms in total. The van der Waals surface area contributed by atoms with Crippen molar-refractivity contribution in [1.82, 2.24) is 0 Å². The molecule has 2 heteroatoms. The van der Waals surface area contributed by atoms with E-state index in [1.807, 2.05) is 6.07 Å². The average Bonchev–Trinajstić information content (AvgIpc) is 2.84. The van der Waals surface area contributed by atoms with Crippen LogP contribution < -0.4 is 0 Å². The Labute approximate surface area is 71.2 Å². The van der Waals surface area contributed by atoms with Gasteiger partial charge < -0.3 is 4.74 Å². The molecule has 0 N–H and O–H groups in total. The van der Waals surface area contributed by atoms with Crippen LogP contribution in [0.5, 0.6) is 0 Å². The first-order valence-corrected chi connectivity index (χ1v) is 4.20. The van der Waals surface area contributed by atoms with Gasteiger partial charge in [0.25, 0.3) is 0 Å². The van der Waals surface area contributed by atoms with Crippen LogP contribution in [0, 0.1) is 5.82 Å². The van der Waals surface area contributed by atoms with Gasteiger partial charge in [0.05, 0.1) is 12.7 Å². The molecule has 1 unspecified atom stereocenters. The Morgan fingerprint density at radius 1 is 1.50 bits per heavy atom. The number of ether oxygens (including phenoxy) is 1. The number of aryl methyl sites for hydroxylation is 1. The highest BCUT2D eigenvalue weighted by Gasteiger charge is 2.21. The zero-order chi connectivity index (χ0) is 8.39. The first kappa shape index (κ1) is 7.74. The van der Waals surface area contributed by atoms with Gasteiger partial charge >= 0.3 is 0 Å². The predicted molar refractivity (Wildman–Crippen MR) is 44.5 cm³/mol. The molecule has 1 heterocycles. The van der Waals surface area contributed by atoms with Gasteiger partial charge in [0.1, 0.15) is 5.82 Å². The molecule has 1 atom stereocenters. The summed E-state index contributed by atoms with van der Waals surface area (Å²) in [5.41, 5.74) is 1.06. The standard InChI is InChI=1S/C10H11FO/c11-9-3-1-2-8(6-9)4-5-10-7-12-10/h1-3,6,10H,4-5,7H2. The molecular weight excluding hydrogens is 155 g/mol. The summed E-state index contributed by atoms with van der Waals surface area (Å²) < 4.78 is 17.7. The van der Waals surface area contributed by atoms with Crippen molar-refractivity contribution in [2.75, 3.05) is 6.61 Å². The second-order valence-electron chi connectivity index (χ2n) is 3.12. The maximum absolute atomic E-state index is 12.7. The van der Waals surface area contributed by atoms with Crippen molar-refractivity contribution in [2.24, 2.45) is 0 Å². The molecule has 0 saturated carbocycles. The van der Waals surface area contributed by atoms with E-state index in [2.05, 4.69) is 0 Å². The van der Waals surface area contributed by atoms with Gasteiger partial charge in [-0.2, -0.15) is 0 Å². The van der Waals surface area contributed by atoms with Gasteiger partial charge in [-0.15, -0.1) is 0 Å². The van der Waals surface area contributed by atoms with Crippen LogP contribution >= 0.6 is 0 Å². The van der Waals surface area contributed by atoms with E-state index in [-0.39, 0.29) is 5.82 Å². The molecule has 1 aromatic carbocycles. The molecule has 0 amide bonds. The SMILES string of the molecule is Fc1cccc(CCC2CO2)c1. The van der Waals surface area contributed by atoms with Gasteiger partial charge in [0.15, 0.2) is 0 Å². The lowest BCUT2D eigenvalue weighted by Gasteiger charge is -1.98. The van der Waals surface area contributed by atoms with E-state index in [0.29, 0.717) is 6.10 Å². The number of hydrogen-bond acceptors (Lipinski definition) is 1. The van der Waals surface area contributed by atoms with Gasteiger partial charge in [-0.05, 0) is 30.5 Å². The molecule has 1 aliphatic rings. The van der Waals surface area contributed by atoms with Crippen molar-refractivity contribution < 1.29 is 9.13 Å². The van der Waals surface area contributed by atoms with Crippen LogP contribution in [0.3, 0.4) is 0 Å². The van der Waals surface area contributed by atoms with E-state index >= 15 is 0 Å². The Morgan fingerprint density at radius 2 is 2.33 bits per heavy atom. The van der Waals surface area contributed by atoms with Crippen LogP contribution in [0.1, 0.15) is 12.0 Å². The lowest BCUT2D eigenvalue weighted by Crippen LogP contribution is -1.91. The fraction of sp³-hybridized carbons (Fsp3) is 0.400. The van der Waals surface area contributed by atoms with Crippen LogP contribution in [-0.2, 0) is 11.2 Å². The summed E-state index contributed by atoms with van der Waals surface area (Å²) in [6, 6.07) is 6.75. The summed E-state index contributed by atoms with van der Waals surface area (Å²) in [7, 11) is 0. The average molecular weight is 166 g/mol. The van der Waals surface area contributed by atoms with Crippen LogP contribution in [0.15, 0.2) is 24.3 Å². The summed E-state index contributed by atoms with van der Waals surface area (Å²) in [6.45, 7) is 0.884. The maximum atomic E-state index is 12.7. The zero-order valence-corrected chi connectivity index (χ0v) is 6.79. The Bertz CT molecular complexity index is 268. The fourth-order valence-corrected chi connectivity index (χ4v) is 1.25. The predicted octanol–water partition coefficient (Wildman–Crippen LogP) is 2.16. The largest absolute Gasteiger partial charge is 0.373 e. The van der Waals surface area contributed by atoms with Crippen LogP contribution in [-0.4, -0.2) is 12.7 Å². The molecule has 1 aromatic rings. The van der Waals surface area contributed by atoms with E-state index in [4.69, 9.17) is 4.74 Å². The molecule has 64 valence electrons. The second kappa shape index (κ2) is 3.23. The number of hydrogen-bond donors (Lipinski definition) is 0. The van der Waals surface area contributed by atoms with Crippen molar-refractivity contribution in [1.29, 1.82) is 0 Å². The summed E-state index contributed by atoms with van der Waals surface area (Å²) in [5.74, 6) is -0.149. The number of halogens is 1. The van der Waals surface area contributed by atoms with Gasteiger partial charge in [-0.3, -0.25) is 0 Å². The number of epoxide rings is 1. The molecule has 2 rings (SSSR count). The van der Waals surface area contributed by atoms with E-state index in [9.17, 15) is 4.39 Å². The van der Waals surface area contributed by atoms with Crippen molar-refractivity contribution >= 4 is 0 Å². The lowest BCUT2D eigenvalue weighted by molar-refractivity contribution is 0.396. The highest BCUT2D eigenvalue weighted by atomic mass is 19.1. The minimum atomic E-state index is -0.149. The van der Waals surface area contributed by atoms with E-state index in [1.165, 1.54) is 6.07 Å². The molecule has 0 aliphatic carbocycles. The molecular formula is C10H11FO. The second-order valence-corrected chi connectivity index (χ2v) is 3.12. The molecule has 0 bridgehead atoms. The minimum Gasteiger partial charge on any atom is -0.373 e. The quantitative estimate of drug-likeness (QED) is 0.627. The number of rotatable bonds is 3. The monoisotopic (exact) mass is 166 g/mol. The summed E-state index contributed by atoms with van der Waals surface area (Å²) in [4.78, 5) is 0. The Balaban J connectivity index is 1.92. The molecule has 12 heavy (non-hydrogen) atoms. The summed E-state index contributed by atoms with van der Waals surface area (Å²) in [6.07, 6.45) is 2.37. The third-order valence-electron chi connectivity index (χ3n) is 2.05. The van der Waals surface area contributed by atoms with Crippen LogP contribution in [0.4, 0.5) is 4.39 Å². The molecule has 0 spiro atoms. The summed E-state index contributed by atoms with van der Waals surface area (Å²) in [5, 5.41) is 0. The van der Waals surface area contributed by atoms with Crippen molar-refractivity contribution in [3.8, 4) is 0 Å². The minimum absolute atomic E-state index is 0.149. The van der Waals surface area contributed by atoms with Gasteiger partial charge in [0, 0.05) is 0 Å². The van der Waals surface area contributed by atoms with Crippen LogP contribution in [0.2, 0.25) is 0 Å². The molecule has 0 aromatic heterocycles. The van der Waals surface area contributed by atoms with Gasteiger partial charge in [-0.25, -0.2) is 4.39 Å². The van der Waals surface area contributed by atoms with Crippen LogP contribution in [0.25, 0.3) is 0 Å². The molecule has 1 fully saturated rings. The highest BCUT2D eigenvalue weighted by molar-refractivity contribution is 5.16. The molecule has 1 saturated heterocycles. The zero-order valence-electron chi connectivity index (χ0n) is 6.79. The normalized spacial score (nSPS) is 20.9. The Morgan fingerprint density at radius 3 is 3.00 bits per heavy atom. The Kier molecular flexibility index (Phi) is 2.09. The molecule has 0 radical (unpaired) electrons. The lowest BCUT2D eigenvalue weighted by atomic mass is 10.1. The van der Waals surface area contributed by atoms with E-state index in [0.717, 1.165) is 25.0 Å². The fourth-order valence-electron chi connectivity index (χ4n) is 1.25. The third-order valence-corrected chi connectivity index (χ3v) is 2.05. The highest BCUT2D eigenvalue weighted by Crippen LogP contribution is 2.16. The maximum Gasteiger partial charge on any atom is 0.123 e. The summed E-state index contributed by atoms with van der Waals surface area (Å²) >= 11 is 0.